The van der Waals surface area contributed by atoms with Gasteiger partial charge >= 0.3 is 0 Å². The number of carbonyl (C=O) groups excluding carboxylic acids is 1. The molecule has 5 heteroatoms. The zero-order valence-corrected chi connectivity index (χ0v) is 12.9. The van der Waals surface area contributed by atoms with Crippen molar-refractivity contribution in [2.24, 2.45) is 0 Å². The van der Waals surface area contributed by atoms with E-state index in [9.17, 15) is 13.2 Å². The first-order chi connectivity index (χ1) is 8.84. The number of rotatable bonds is 5. The number of hydrogen-bond donors (Lipinski definition) is 0. The van der Waals surface area contributed by atoms with E-state index in [0.29, 0.717) is 10.6 Å². The summed E-state index contributed by atoms with van der Waals surface area (Å²) in [4.78, 5) is 11.1. The molecule has 0 heterocycles. The van der Waals surface area contributed by atoms with Crippen LogP contribution in [0.25, 0.3) is 6.08 Å². The quantitative estimate of drug-likeness (QED) is 0.838. The SMILES string of the molecule is CC(=O)SCC=Cc1cccc(S(=O)(=O)C(C)C)c1. The molecule has 0 aliphatic carbocycles. The van der Waals surface area contributed by atoms with Gasteiger partial charge in [0, 0.05) is 12.7 Å². The molecule has 0 saturated carbocycles. The van der Waals surface area contributed by atoms with Gasteiger partial charge in [-0.05, 0) is 31.5 Å². The smallest absolute Gasteiger partial charge is 0.186 e. The fraction of sp³-hybridized carbons (Fsp3) is 0.357. The van der Waals surface area contributed by atoms with Gasteiger partial charge in [-0.1, -0.05) is 36.0 Å². The summed E-state index contributed by atoms with van der Waals surface area (Å²) in [5.74, 6) is 0.594. The Morgan fingerprint density at radius 2 is 2.05 bits per heavy atom. The van der Waals surface area contributed by atoms with Crippen molar-refractivity contribution < 1.29 is 13.2 Å². The van der Waals surface area contributed by atoms with Gasteiger partial charge in [0.25, 0.3) is 0 Å². The molecule has 0 spiro atoms. The first-order valence-electron chi connectivity index (χ1n) is 5.98. The molecule has 19 heavy (non-hydrogen) atoms. The Kier molecular flexibility index (Phi) is 5.82. The molecule has 0 saturated heterocycles. The van der Waals surface area contributed by atoms with Crippen molar-refractivity contribution in [3.05, 3.63) is 35.9 Å². The van der Waals surface area contributed by atoms with Crippen molar-refractivity contribution >= 4 is 32.8 Å². The highest BCUT2D eigenvalue weighted by molar-refractivity contribution is 8.13. The molecule has 0 unspecified atom stereocenters. The number of benzene rings is 1. The lowest BCUT2D eigenvalue weighted by atomic mass is 10.2. The predicted octanol–water partition coefficient (Wildman–Crippen LogP) is 3.16. The zero-order chi connectivity index (χ0) is 14.5. The molecule has 0 aliphatic heterocycles. The summed E-state index contributed by atoms with van der Waals surface area (Å²) in [6.07, 6.45) is 3.68. The number of carbonyl (C=O) groups is 1. The molecular weight excluding hydrogens is 280 g/mol. The van der Waals surface area contributed by atoms with E-state index in [-0.39, 0.29) is 5.12 Å². The van der Waals surface area contributed by atoms with E-state index >= 15 is 0 Å². The lowest BCUT2D eigenvalue weighted by Gasteiger charge is -2.08. The van der Waals surface area contributed by atoms with Crippen LogP contribution in [-0.4, -0.2) is 24.5 Å². The van der Waals surface area contributed by atoms with E-state index in [2.05, 4.69) is 0 Å². The second-order valence-corrected chi connectivity index (χ2v) is 8.07. The fourth-order valence-corrected chi connectivity index (χ4v) is 2.96. The van der Waals surface area contributed by atoms with E-state index < -0.39 is 15.1 Å². The lowest BCUT2D eigenvalue weighted by molar-refractivity contribution is -0.109. The highest BCUT2D eigenvalue weighted by Gasteiger charge is 2.18. The Hall–Kier alpha value is -1.07. The molecule has 0 aliphatic rings. The molecule has 0 fully saturated rings. The summed E-state index contributed by atoms with van der Waals surface area (Å²) in [5.41, 5.74) is 0.825. The van der Waals surface area contributed by atoms with Crippen LogP contribution in [0.15, 0.2) is 35.2 Å². The van der Waals surface area contributed by atoms with Crippen molar-refractivity contribution in [1.82, 2.24) is 0 Å². The lowest BCUT2D eigenvalue weighted by Crippen LogP contribution is -2.13. The first kappa shape index (κ1) is 16.0. The highest BCUT2D eigenvalue weighted by atomic mass is 32.2. The van der Waals surface area contributed by atoms with E-state index in [4.69, 9.17) is 0 Å². The van der Waals surface area contributed by atoms with Crippen LogP contribution < -0.4 is 0 Å². The van der Waals surface area contributed by atoms with Crippen LogP contribution in [0.2, 0.25) is 0 Å². The second-order valence-electron chi connectivity index (χ2n) is 4.37. The van der Waals surface area contributed by atoms with Crippen molar-refractivity contribution in [2.75, 3.05) is 5.75 Å². The molecule has 1 rings (SSSR count). The van der Waals surface area contributed by atoms with Crippen LogP contribution in [0, 0.1) is 0 Å². The summed E-state index contributed by atoms with van der Waals surface area (Å²) in [7, 11) is -3.24. The molecule has 104 valence electrons. The normalized spacial score (nSPS) is 12.2. The minimum atomic E-state index is -3.24. The molecule has 1 aromatic carbocycles. The van der Waals surface area contributed by atoms with Gasteiger partial charge in [0.2, 0.25) is 0 Å². The van der Waals surface area contributed by atoms with Crippen molar-refractivity contribution in [2.45, 2.75) is 30.9 Å². The van der Waals surface area contributed by atoms with Gasteiger partial charge in [-0.3, -0.25) is 4.79 Å². The minimum absolute atomic E-state index is 0.0702. The van der Waals surface area contributed by atoms with Gasteiger partial charge in [-0.15, -0.1) is 0 Å². The van der Waals surface area contributed by atoms with Crippen LogP contribution in [0.1, 0.15) is 26.3 Å². The van der Waals surface area contributed by atoms with E-state index in [1.807, 2.05) is 18.2 Å². The maximum atomic E-state index is 12.0. The Labute approximate surface area is 119 Å². The second kappa shape index (κ2) is 6.91. The van der Waals surface area contributed by atoms with Gasteiger partial charge in [0.05, 0.1) is 10.1 Å². The predicted molar refractivity (Wildman–Crippen MR) is 80.9 cm³/mol. The van der Waals surface area contributed by atoms with Gasteiger partial charge in [0.1, 0.15) is 0 Å². The summed E-state index contributed by atoms with van der Waals surface area (Å²) < 4.78 is 24.1. The maximum Gasteiger partial charge on any atom is 0.186 e. The highest BCUT2D eigenvalue weighted by Crippen LogP contribution is 2.18. The third-order valence-corrected chi connectivity index (χ3v) is 5.42. The van der Waals surface area contributed by atoms with Gasteiger partial charge in [0.15, 0.2) is 15.0 Å². The average Bonchev–Trinajstić information content (AvgIpc) is 2.34. The molecule has 0 amide bonds. The van der Waals surface area contributed by atoms with Gasteiger partial charge < -0.3 is 0 Å². The summed E-state index contributed by atoms with van der Waals surface area (Å²) in [5, 5.41) is -0.360. The van der Waals surface area contributed by atoms with Crippen LogP contribution in [0.3, 0.4) is 0 Å². The van der Waals surface area contributed by atoms with E-state index in [0.717, 1.165) is 5.56 Å². The van der Waals surface area contributed by atoms with Gasteiger partial charge in [-0.25, -0.2) is 8.42 Å². The topological polar surface area (TPSA) is 51.2 Å². The minimum Gasteiger partial charge on any atom is -0.288 e. The molecule has 0 bridgehead atoms. The Morgan fingerprint density at radius 3 is 2.63 bits per heavy atom. The van der Waals surface area contributed by atoms with Crippen molar-refractivity contribution in [1.29, 1.82) is 0 Å². The molecule has 1 aromatic rings. The molecule has 3 nitrogen and oxygen atoms in total. The maximum absolute atomic E-state index is 12.0. The third kappa shape index (κ3) is 4.84. The van der Waals surface area contributed by atoms with Crippen LogP contribution >= 0.6 is 11.8 Å². The van der Waals surface area contributed by atoms with E-state index in [1.165, 1.54) is 18.7 Å². The van der Waals surface area contributed by atoms with Crippen LogP contribution in [0.5, 0.6) is 0 Å². The van der Waals surface area contributed by atoms with E-state index in [1.54, 1.807) is 32.0 Å². The number of hydrogen-bond acceptors (Lipinski definition) is 4. The van der Waals surface area contributed by atoms with Crippen molar-refractivity contribution in [3.8, 4) is 0 Å². The molecular formula is C14H18O3S2. The fourth-order valence-electron chi connectivity index (χ4n) is 1.42. The Balaban J connectivity index is 2.87. The largest absolute Gasteiger partial charge is 0.288 e. The molecule has 0 atom stereocenters. The Morgan fingerprint density at radius 1 is 1.37 bits per heavy atom. The first-order valence-corrected chi connectivity index (χ1v) is 8.51. The molecule has 0 aromatic heterocycles. The summed E-state index contributed by atoms with van der Waals surface area (Å²) in [6.45, 7) is 4.86. The zero-order valence-electron chi connectivity index (χ0n) is 11.3. The van der Waals surface area contributed by atoms with Crippen molar-refractivity contribution in [3.63, 3.8) is 0 Å². The third-order valence-electron chi connectivity index (χ3n) is 2.50. The number of thioether (sulfide) groups is 1. The van der Waals surface area contributed by atoms with Gasteiger partial charge in [-0.2, -0.15) is 0 Å². The number of sulfone groups is 1. The van der Waals surface area contributed by atoms with Crippen LogP contribution in [-0.2, 0) is 14.6 Å². The summed E-state index contributed by atoms with van der Waals surface area (Å²) >= 11 is 1.22. The van der Waals surface area contributed by atoms with Crippen LogP contribution in [0.4, 0.5) is 0 Å². The summed E-state index contributed by atoms with van der Waals surface area (Å²) in [6, 6.07) is 6.84. The molecule has 0 N–H and O–H groups in total. The Bertz CT molecular complexity index is 572. The monoisotopic (exact) mass is 298 g/mol. The molecule has 0 radical (unpaired) electrons. The average molecular weight is 298 g/mol. The standard InChI is InChI=1S/C14H18O3S2/c1-11(2)19(16,17)14-8-4-6-13(10-14)7-5-9-18-12(3)15/h4-8,10-11H,9H2,1-3H3.